The number of carbonyl (C=O) groups excluding carboxylic acids is 1. The zero-order chi connectivity index (χ0) is 8.97. The van der Waals surface area contributed by atoms with E-state index < -0.39 is 12.0 Å². The average molecular weight is 166 g/mol. The minimum absolute atomic E-state index is 0.416. The summed E-state index contributed by atoms with van der Waals surface area (Å²) >= 11 is 0. The molecule has 0 bridgehead atoms. The molecule has 0 heterocycles. The molecule has 12 heavy (non-hydrogen) atoms. The van der Waals surface area contributed by atoms with Gasteiger partial charge in [-0.25, -0.2) is 4.79 Å². The number of carbonyl (C=O) groups is 1. The second kappa shape index (κ2) is 3.88. The molecule has 0 aliphatic carbocycles. The van der Waals surface area contributed by atoms with Gasteiger partial charge in [0.1, 0.15) is 11.8 Å². The summed E-state index contributed by atoms with van der Waals surface area (Å²) in [5.74, 6) is 0.112. The molecule has 3 nitrogen and oxygen atoms in total. The number of para-hydroxylation sites is 1. The van der Waals surface area contributed by atoms with E-state index in [2.05, 4.69) is 0 Å². The molecule has 1 aromatic carbocycles. The number of hydrogen-bond donors (Lipinski definition) is 1. The molecule has 1 aromatic rings. The normalized spacial score (nSPS) is 12.2. The first-order chi connectivity index (χ1) is 5.70. The Balaban J connectivity index is 2.59. The highest BCUT2D eigenvalue weighted by atomic mass is 16.6. The Morgan fingerprint density at radius 1 is 1.42 bits per heavy atom. The number of esters is 1. The highest BCUT2D eigenvalue weighted by Gasteiger charge is 2.08. The molecule has 0 aliphatic heterocycles. The van der Waals surface area contributed by atoms with Crippen molar-refractivity contribution in [3.63, 3.8) is 0 Å². The first-order valence-electron chi connectivity index (χ1n) is 3.72. The van der Waals surface area contributed by atoms with E-state index in [4.69, 9.17) is 10.5 Å². The molecule has 0 saturated carbocycles. The lowest BCUT2D eigenvalue weighted by atomic mass is 10.4. The summed E-state index contributed by atoms with van der Waals surface area (Å²) in [6.45, 7) is 1.59. The zero-order valence-corrected chi connectivity index (χ0v) is 6.86. The summed E-state index contributed by atoms with van der Waals surface area (Å²) in [7, 11) is 0. The molecule has 2 N–H and O–H groups in total. The van der Waals surface area contributed by atoms with Crippen molar-refractivity contribution in [1.82, 2.24) is 0 Å². The topological polar surface area (TPSA) is 52.3 Å². The SMILES string of the molecule is C[C@H](N)C(=O)O[13c]1ccccc1. The third kappa shape index (κ3) is 2.36. The molecule has 64 valence electrons. The van der Waals surface area contributed by atoms with Crippen LogP contribution in [-0.2, 0) is 4.79 Å². The first kappa shape index (κ1) is 8.74. The van der Waals surface area contributed by atoms with Gasteiger partial charge in [0.15, 0.2) is 0 Å². The first-order valence-corrected chi connectivity index (χ1v) is 3.72. The quantitative estimate of drug-likeness (QED) is 0.525. The lowest BCUT2D eigenvalue weighted by Gasteiger charge is -2.05. The molecular weight excluding hydrogens is 155 g/mol. The van der Waals surface area contributed by atoms with Crippen LogP contribution < -0.4 is 10.5 Å². The fraction of sp³-hybridized carbons (Fsp3) is 0.222. The summed E-state index contributed by atoms with van der Waals surface area (Å²) < 4.78 is 4.91. The summed E-state index contributed by atoms with van der Waals surface area (Å²) in [6, 6.07) is 8.28. The van der Waals surface area contributed by atoms with E-state index in [0.717, 1.165) is 0 Å². The van der Waals surface area contributed by atoms with Crippen molar-refractivity contribution in [2.75, 3.05) is 0 Å². The van der Waals surface area contributed by atoms with Gasteiger partial charge < -0.3 is 10.5 Å². The van der Waals surface area contributed by atoms with Crippen LogP contribution in [0.15, 0.2) is 30.3 Å². The van der Waals surface area contributed by atoms with Crippen LogP contribution in [0.5, 0.6) is 5.75 Å². The molecule has 0 amide bonds. The van der Waals surface area contributed by atoms with E-state index in [1.807, 2.05) is 6.07 Å². The summed E-state index contributed by atoms with van der Waals surface area (Å²) in [4.78, 5) is 11.0. The summed E-state index contributed by atoms with van der Waals surface area (Å²) in [6.07, 6.45) is 0. The maximum atomic E-state index is 11.0. The Morgan fingerprint density at radius 2 is 2.00 bits per heavy atom. The lowest BCUT2D eigenvalue weighted by molar-refractivity contribution is -0.135. The van der Waals surface area contributed by atoms with Crippen LogP contribution in [0.4, 0.5) is 0 Å². The van der Waals surface area contributed by atoms with E-state index >= 15 is 0 Å². The number of ether oxygens (including phenoxy) is 1. The minimum atomic E-state index is -0.579. The molecule has 0 fully saturated rings. The average Bonchev–Trinajstić information content (AvgIpc) is 2.06. The van der Waals surface area contributed by atoms with Gasteiger partial charge in [-0.05, 0) is 19.1 Å². The highest BCUT2D eigenvalue weighted by molar-refractivity contribution is 5.77. The summed E-state index contributed by atoms with van der Waals surface area (Å²) in [5.41, 5.74) is 5.31. The maximum absolute atomic E-state index is 11.0. The van der Waals surface area contributed by atoms with Crippen LogP contribution >= 0.6 is 0 Å². The van der Waals surface area contributed by atoms with Gasteiger partial charge in [0.2, 0.25) is 0 Å². The molecule has 0 saturated heterocycles. The van der Waals surface area contributed by atoms with Crippen molar-refractivity contribution >= 4 is 5.97 Å². The molecule has 1 rings (SSSR count). The molecular formula is C9H11NO2. The number of nitrogens with two attached hydrogens (primary N) is 1. The molecule has 0 unspecified atom stereocenters. The van der Waals surface area contributed by atoms with Gasteiger partial charge in [0.25, 0.3) is 0 Å². The molecule has 3 heteroatoms. The Kier molecular flexibility index (Phi) is 2.82. The third-order valence-electron chi connectivity index (χ3n) is 1.33. The van der Waals surface area contributed by atoms with Gasteiger partial charge in [-0.15, -0.1) is 0 Å². The van der Waals surface area contributed by atoms with Crippen LogP contribution in [0.1, 0.15) is 6.92 Å². The van der Waals surface area contributed by atoms with Crippen molar-refractivity contribution in [2.24, 2.45) is 5.73 Å². The van der Waals surface area contributed by atoms with E-state index in [0.29, 0.717) is 5.75 Å². The van der Waals surface area contributed by atoms with Crippen molar-refractivity contribution in [2.45, 2.75) is 13.0 Å². The van der Waals surface area contributed by atoms with Crippen LogP contribution in [0.25, 0.3) is 0 Å². The van der Waals surface area contributed by atoms with Gasteiger partial charge >= 0.3 is 5.97 Å². The summed E-state index contributed by atoms with van der Waals surface area (Å²) in [5, 5.41) is 0. The Labute approximate surface area is 71.1 Å². The van der Waals surface area contributed by atoms with Gasteiger partial charge in [0, 0.05) is 0 Å². The van der Waals surface area contributed by atoms with Crippen LogP contribution in [-0.4, -0.2) is 12.0 Å². The smallest absolute Gasteiger partial charge is 0.328 e. The van der Waals surface area contributed by atoms with E-state index in [9.17, 15) is 4.79 Å². The predicted molar refractivity (Wildman–Crippen MR) is 45.7 cm³/mol. The Morgan fingerprint density at radius 3 is 2.50 bits per heavy atom. The largest absolute Gasteiger partial charge is 0.425 e. The zero-order valence-electron chi connectivity index (χ0n) is 6.86. The van der Waals surface area contributed by atoms with Crippen LogP contribution in [0.2, 0.25) is 0 Å². The van der Waals surface area contributed by atoms with Crippen LogP contribution in [0.3, 0.4) is 0 Å². The number of hydrogen-bond acceptors (Lipinski definition) is 3. The van der Waals surface area contributed by atoms with Crippen molar-refractivity contribution in [1.29, 1.82) is 0 Å². The highest BCUT2D eigenvalue weighted by Crippen LogP contribution is 2.08. The van der Waals surface area contributed by atoms with E-state index in [1.165, 1.54) is 0 Å². The number of benzene rings is 1. The van der Waals surface area contributed by atoms with Gasteiger partial charge in [-0.2, -0.15) is 0 Å². The fourth-order valence-electron chi connectivity index (χ4n) is 0.698. The van der Waals surface area contributed by atoms with Crippen molar-refractivity contribution < 1.29 is 9.53 Å². The molecule has 1 atom stereocenters. The molecule has 0 spiro atoms. The number of rotatable bonds is 2. The second-order valence-corrected chi connectivity index (χ2v) is 2.52. The Hall–Kier alpha value is -1.35. The standard InChI is InChI=1S/C9H11NO2/c1-7(10)9(11)12-8-5-3-2-4-6-8/h2-7H,10H2,1H3/t7-/m0/s1/i8+1. The lowest BCUT2D eigenvalue weighted by Crippen LogP contribution is -2.30. The molecule has 0 radical (unpaired) electrons. The third-order valence-corrected chi connectivity index (χ3v) is 1.33. The van der Waals surface area contributed by atoms with Gasteiger partial charge in [0.05, 0.1) is 0 Å². The van der Waals surface area contributed by atoms with Crippen LogP contribution in [0, 0.1) is 0 Å². The predicted octanol–water partition coefficient (Wildman–Crippen LogP) is 0.939. The minimum Gasteiger partial charge on any atom is -0.425 e. The Bertz CT molecular complexity index is 256. The van der Waals surface area contributed by atoms with E-state index in [-0.39, 0.29) is 0 Å². The van der Waals surface area contributed by atoms with Crippen molar-refractivity contribution in [3.8, 4) is 5.75 Å². The fourth-order valence-corrected chi connectivity index (χ4v) is 0.698. The second-order valence-electron chi connectivity index (χ2n) is 2.52. The van der Waals surface area contributed by atoms with Crippen molar-refractivity contribution in [3.05, 3.63) is 30.3 Å². The van der Waals surface area contributed by atoms with E-state index in [1.54, 1.807) is 31.2 Å². The monoisotopic (exact) mass is 166 g/mol. The van der Waals surface area contributed by atoms with Gasteiger partial charge in [-0.1, -0.05) is 18.2 Å². The molecule has 0 aliphatic rings. The molecule has 0 aromatic heterocycles. The maximum Gasteiger partial charge on any atom is 0.328 e. The van der Waals surface area contributed by atoms with Gasteiger partial charge in [-0.3, -0.25) is 0 Å².